The van der Waals surface area contributed by atoms with Crippen molar-refractivity contribution >= 4 is 81.4 Å². The van der Waals surface area contributed by atoms with Crippen LogP contribution in [-0.2, 0) is 4.79 Å². The van der Waals surface area contributed by atoms with E-state index in [-0.39, 0.29) is 31.8 Å². The maximum absolute atomic E-state index is 12.0. The maximum atomic E-state index is 12.0. The summed E-state index contributed by atoms with van der Waals surface area (Å²) in [5, 5.41) is 4.27. The number of halogens is 5. The van der Waals surface area contributed by atoms with Crippen molar-refractivity contribution in [1.82, 2.24) is 0 Å². The molecule has 0 saturated carbocycles. The van der Waals surface area contributed by atoms with Crippen molar-refractivity contribution in [3.63, 3.8) is 0 Å². The predicted molar refractivity (Wildman–Crippen MR) is 97.3 cm³/mol. The van der Waals surface area contributed by atoms with Crippen molar-refractivity contribution in [3.05, 3.63) is 55.4 Å². The number of rotatable bonds is 4. The van der Waals surface area contributed by atoms with E-state index in [4.69, 9.17) is 58.0 Å². The molecule has 2 rings (SSSR count). The maximum Gasteiger partial charge on any atom is 0.234 e. The molecule has 0 atom stereocenters. The number of anilines is 1. The van der Waals surface area contributed by atoms with E-state index in [1.54, 1.807) is 24.3 Å². The summed E-state index contributed by atoms with van der Waals surface area (Å²) in [5.41, 5.74) is 0.538. The molecule has 0 aliphatic rings. The summed E-state index contributed by atoms with van der Waals surface area (Å²) in [6, 6.07) is 8.41. The van der Waals surface area contributed by atoms with Crippen LogP contribution in [-0.4, -0.2) is 11.7 Å². The smallest absolute Gasteiger partial charge is 0.234 e. The number of carbonyl (C=O) groups excluding carboxylic acids is 1. The fraction of sp³-hybridized carbons (Fsp3) is 0.0714. The van der Waals surface area contributed by atoms with Gasteiger partial charge in [0.2, 0.25) is 5.91 Å². The van der Waals surface area contributed by atoms with Crippen LogP contribution in [0.15, 0.2) is 35.2 Å². The van der Waals surface area contributed by atoms with Crippen LogP contribution in [0.25, 0.3) is 0 Å². The van der Waals surface area contributed by atoms with Crippen molar-refractivity contribution in [3.8, 4) is 0 Å². The third kappa shape index (κ3) is 4.38. The summed E-state index contributed by atoms with van der Waals surface area (Å²) < 4.78 is 0. The standard InChI is InChI=1S/C14H8Cl5NOS/c15-7-3-1-2-4-10(7)20-11(21)6-22-14-12(18)8(16)5-9(17)13(14)19/h1-5H,6H2,(H,20,21). The Morgan fingerprint density at radius 3 is 2.14 bits per heavy atom. The van der Waals surface area contributed by atoms with Gasteiger partial charge in [-0.15, -0.1) is 11.8 Å². The normalized spacial score (nSPS) is 10.6. The van der Waals surface area contributed by atoms with Gasteiger partial charge in [0, 0.05) is 4.90 Å². The number of benzene rings is 2. The third-order valence-electron chi connectivity index (χ3n) is 2.57. The molecule has 8 heteroatoms. The first-order valence-electron chi connectivity index (χ1n) is 5.90. The first-order valence-corrected chi connectivity index (χ1v) is 8.78. The summed E-state index contributed by atoms with van der Waals surface area (Å²) in [6.45, 7) is 0. The minimum Gasteiger partial charge on any atom is -0.324 e. The molecule has 0 aromatic heterocycles. The second-order valence-corrected chi connectivity index (χ2v) is 7.08. The van der Waals surface area contributed by atoms with Crippen molar-refractivity contribution < 1.29 is 4.79 Å². The Kier molecular flexibility index (Phi) is 6.57. The Morgan fingerprint density at radius 1 is 0.955 bits per heavy atom. The highest BCUT2D eigenvalue weighted by Crippen LogP contribution is 2.42. The highest BCUT2D eigenvalue weighted by molar-refractivity contribution is 8.00. The number of hydrogen-bond donors (Lipinski definition) is 1. The van der Waals surface area contributed by atoms with Crippen molar-refractivity contribution in [1.29, 1.82) is 0 Å². The number of nitrogens with one attached hydrogen (secondary N) is 1. The average molecular weight is 416 g/mol. The summed E-state index contributed by atoms with van der Waals surface area (Å²) in [7, 11) is 0. The van der Waals surface area contributed by atoms with Gasteiger partial charge in [0.05, 0.1) is 36.6 Å². The molecule has 0 aliphatic carbocycles. The van der Waals surface area contributed by atoms with E-state index in [9.17, 15) is 4.79 Å². The summed E-state index contributed by atoms with van der Waals surface area (Å²) in [6.07, 6.45) is 0. The van der Waals surface area contributed by atoms with Crippen LogP contribution in [0.1, 0.15) is 0 Å². The van der Waals surface area contributed by atoms with E-state index in [1.807, 2.05) is 0 Å². The lowest BCUT2D eigenvalue weighted by atomic mass is 10.3. The van der Waals surface area contributed by atoms with Gasteiger partial charge in [-0.3, -0.25) is 4.79 Å². The van der Waals surface area contributed by atoms with E-state index >= 15 is 0 Å². The molecule has 2 aromatic rings. The van der Waals surface area contributed by atoms with Gasteiger partial charge in [-0.05, 0) is 18.2 Å². The topological polar surface area (TPSA) is 29.1 Å². The van der Waals surface area contributed by atoms with Gasteiger partial charge >= 0.3 is 0 Å². The number of para-hydroxylation sites is 1. The zero-order valence-electron chi connectivity index (χ0n) is 10.8. The molecule has 1 amide bonds. The van der Waals surface area contributed by atoms with Gasteiger partial charge in [-0.2, -0.15) is 0 Å². The Hall–Kier alpha value is -0.290. The molecular formula is C14H8Cl5NOS. The zero-order valence-corrected chi connectivity index (χ0v) is 15.4. The molecule has 0 radical (unpaired) electrons. The Balaban J connectivity index is 2.08. The van der Waals surface area contributed by atoms with Gasteiger partial charge in [0.25, 0.3) is 0 Å². The van der Waals surface area contributed by atoms with Crippen LogP contribution in [0, 0.1) is 0 Å². The molecule has 0 unspecified atom stereocenters. The van der Waals surface area contributed by atoms with Crippen LogP contribution in [0.3, 0.4) is 0 Å². The van der Waals surface area contributed by atoms with Gasteiger partial charge in [0.1, 0.15) is 0 Å². The number of hydrogen-bond acceptors (Lipinski definition) is 2. The fourth-order valence-corrected chi connectivity index (χ4v) is 3.82. The number of thioether (sulfide) groups is 1. The average Bonchev–Trinajstić information content (AvgIpc) is 2.47. The minimum atomic E-state index is -0.249. The summed E-state index contributed by atoms with van der Waals surface area (Å²) in [4.78, 5) is 12.5. The molecule has 22 heavy (non-hydrogen) atoms. The van der Waals surface area contributed by atoms with Crippen molar-refractivity contribution in [2.45, 2.75) is 4.90 Å². The highest BCUT2D eigenvalue weighted by Gasteiger charge is 2.16. The minimum absolute atomic E-state index is 0.0847. The van der Waals surface area contributed by atoms with Crippen LogP contribution < -0.4 is 5.32 Å². The van der Waals surface area contributed by atoms with Crippen molar-refractivity contribution in [2.75, 3.05) is 11.1 Å². The van der Waals surface area contributed by atoms with Crippen molar-refractivity contribution in [2.24, 2.45) is 0 Å². The molecule has 2 aromatic carbocycles. The van der Waals surface area contributed by atoms with Crippen LogP contribution >= 0.6 is 69.8 Å². The lowest BCUT2D eigenvalue weighted by molar-refractivity contribution is -0.113. The van der Waals surface area contributed by atoms with Gasteiger partial charge in [0.15, 0.2) is 0 Å². The zero-order chi connectivity index (χ0) is 16.3. The number of carbonyl (C=O) groups is 1. The third-order valence-corrected chi connectivity index (χ3v) is 5.80. The molecular weight excluding hydrogens is 407 g/mol. The highest BCUT2D eigenvalue weighted by atomic mass is 35.5. The predicted octanol–water partition coefficient (Wildman–Crippen LogP) is 6.68. The second-order valence-electron chi connectivity index (χ2n) is 4.11. The molecule has 0 fully saturated rings. The van der Waals surface area contributed by atoms with E-state index in [2.05, 4.69) is 5.32 Å². The van der Waals surface area contributed by atoms with Crippen LogP contribution in [0.2, 0.25) is 25.1 Å². The molecule has 0 bridgehead atoms. The second kappa shape index (κ2) is 8.00. The molecule has 0 aliphatic heterocycles. The van der Waals surface area contributed by atoms with Gasteiger partial charge < -0.3 is 5.32 Å². The monoisotopic (exact) mass is 413 g/mol. The first-order chi connectivity index (χ1) is 10.4. The SMILES string of the molecule is O=C(CSc1c(Cl)c(Cl)cc(Cl)c1Cl)Nc1ccccc1Cl. The lowest BCUT2D eigenvalue weighted by Gasteiger charge is -2.10. The largest absolute Gasteiger partial charge is 0.324 e. The van der Waals surface area contributed by atoms with E-state index in [0.717, 1.165) is 11.8 Å². The van der Waals surface area contributed by atoms with E-state index < -0.39 is 0 Å². The molecule has 1 N–H and O–H groups in total. The lowest BCUT2D eigenvalue weighted by Crippen LogP contribution is -2.14. The quantitative estimate of drug-likeness (QED) is 0.445. The molecule has 0 spiro atoms. The Morgan fingerprint density at radius 2 is 1.55 bits per heavy atom. The Labute approximate surface area is 157 Å². The van der Waals surface area contributed by atoms with E-state index in [1.165, 1.54) is 6.07 Å². The molecule has 0 saturated heterocycles. The summed E-state index contributed by atoms with van der Waals surface area (Å²) in [5.74, 6) is -0.164. The van der Waals surface area contributed by atoms with E-state index in [0.29, 0.717) is 15.6 Å². The van der Waals surface area contributed by atoms with Crippen LogP contribution in [0.5, 0.6) is 0 Å². The molecule has 0 heterocycles. The number of amides is 1. The fourth-order valence-electron chi connectivity index (χ4n) is 1.56. The summed E-state index contributed by atoms with van der Waals surface area (Å²) >= 11 is 31.2. The molecule has 2 nitrogen and oxygen atoms in total. The first kappa shape index (κ1) is 18.1. The van der Waals surface area contributed by atoms with Gasteiger partial charge in [-0.25, -0.2) is 0 Å². The molecule has 116 valence electrons. The van der Waals surface area contributed by atoms with Gasteiger partial charge in [-0.1, -0.05) is 70.1 Å². The van der Waals surface area contributed by atoms with Crippen LogP contribution in [0.4, 0.5) is 5.69 Å². The Bertz CT molecular complexity index is 696.